The minimum absolute atomic E-state index is 0.151. The number of imidazole rings is 1. The number of carbonyl (C=O) groups excluding carboxylic acids is 2. The molecule has 40 heavy (non-hydrogen) atoms. The molecule has 0 saturated carbocycles. The highest BCUT2D eigenvalue weighted by Crippen LogP contribution is 2.30. The van der Waals surface area contributed by atoms with Crippen LogP contribution in [0.25, 0.3) is 28.1 Å². The van der Waals surface area contributed by atoms with Crippen molar-refractivity contribution in [3.63, 3.8) is 0 Å². The molecule has 0 bridgehead atoms. The van der Waals surface area contributed by atoms with Gasteiger partial charge in [0.05, 0.1) is 24.2 Å². The van der Waals surface area contributed by atoms with Gasteiger partial charge in [-0.1, -0.05) is 48.5 Å². The molecule has 1 fully saturated rings. The number of amides is 2. The fourth-order valence-corrected chi connectivity index (χ4v) is 5.02. The highest BCUT2D eigenvalue weighted by molar-refractivity contribution is 5.84. The first kappa shape index (κ1) is 27.2. The van der Waals surface area contributed by atoms with E-state index >= 15 is 0 Å². The maximum atomic E-state index is 12.6. The van der Waals surface area contributed by atoms with E-state index in [1.807, 2.05) is 53.4 Å². The monoisotopic (exact) mass is 540 g/mol. The molecular formula is C32H36N4O4. The predicted octanol–water partition coefficient (Wildman–Crippen LogP) is 5.93. The number of para-hydroxylation sites is 1. The van der Waals surface area contributed by atoms with Crippen molar-refractivity contribution < 1.29 is 19.1 Å². The van der Waals surface area contributed by atoms with Crippen molar-refractivity contribution in [2.45, 2.75) is 32.6 Å². The van der Waals surface area contributed by atoms with Gasteiger partial charge in [-0.2, -0.15) is 0 Å². The first-order chi connectivity index (χ1) is 19.6. The number of hydrogen-bond acceptors (Lipinski definition) is 5. The van der Waals surface area contributed by atoms with Crippen LogP contribution in [-0.4, -0.2) is 70.7 Å². The number of hydrogen-bond donors (Lipinski definition) is 0. The Morgan fingerprint density at radius 1 is 0.825 bits per heavy atom. The Labute approximate surface area is 235 Å². The zero-order chi connectivity index (χ0) is 27.7. The topological polar surface area (TPSA) is 76.9 Å². The third-order valence-corrected chi connectivity index (χ3v) is 7.13. The molecule has 0 aliphatic carbocycles. The number of aromatic nitrogens is 2. The molecule has 0 N–H and O–H groups in total. The third-order valence-electron chi connectivity index (χ3n) is 7.13. The van der Waals surface area contributed by atoms with Crippen molar-refractivity contribution in [2.24, 2.45) is 0 Å². The number of unbranched alkanes of at least 4 members (excludes halogenated alkanes) is 2. The van der Waals surface area contributed by atoms with Crippen LogP contribution < -0.4 is 4.74 Å². The molecule has 1 saturated heterocycles. The molecule has 5 rings (SSSR count). The van der Waals surface area contributed by atoms with E-state index in [0.29, 0.717) is 45.8 Å². The maximum absolute atomic E-state index is 12.6. The Morgan fingerprint density at radius 2 is 1.52 bits per heavy atom. The van der Waals surface area contributed by atoms with Crippen molar-refractivity contribution >= 4 is 23.0 Å². The summed E-state index contributed by atoms with van der Waals surface area (Å²) in [5, 5.41) is 0. The first-order valence-corrected chi connectivity index (χ1v) is 14.1. The number of carbonyl (C=O) groups is 2. The molecule has 1 aliphatic rings. The smallest absolute Gasteiger partial charge is 0.409 e. The fourth-order valence-electron chi connectivity index (χ4n) is 5.02. The average molecular weight is 541 g/mol. The average Bonchev–Trinajstić information content (AvgIpc) is 3.39. The Hall–Kier alpha value is -4.33. The zero-order valence-electron chi connectivity index (χ0n) is 23.0. The fraction of sp³-hybridized carbons (Fsp3) is 0.344. The number of fused-ring (bicyclic) bond motifs is 1. The second kappa shape index (κ2) is 13.2. The summed E-state index contributed by atoms with van der Waals surface area (Å²) in [4.78, 5) is 32.9. The summed E-state index contributed by atoms with van der Waals surface area (Å²) in [6.07, 6.45) is 2.83. The summed E-state index contributed by atoms with van der Waals surface area (Å²) < 4.78 is 13.3. The van der Waals surface area contributed by atoms with Gasteiger partial charge in [-0.05, 0) is 50.5 Å². The van der Waals surface area contributed by atoms with Crippen molar-refractivity contribution in [1.29, 1.82) is 0 Å². The molecule has 0 spiro atoms. The van der Waals surface area contributed by atoms with Crippen LogP contribution in [0.3, 0.4) is 0 Å². The van der Waals surface area contributed by atoms with Gasteiger partial charge in [0.15, 0.2) is 0 Å². The van der Waals surface area contributed by atoms with Gasteiger partial charge in [0.2, 0.25) is 5.91 Å². The van der Waals surface area contributed by atoms with Gasteiger partial charge in [0.1, 0.15) is 11.6 Å². The summed E-state index contributed by atoms with van der Waals surface area (Å²) >= 11 is 0. The van der Waals surface area contributed by atoms with E-state index in [9.17, 15) is 9.59 Å². The predicted molar refractivity (Wildman–Crippen MR) is 156 cm³/mol. The van der Waals surface area contributed by atoms with Crippen molar-refractivity contribution in [3.8, 4) is 22.8 Å². The summed E-state index contributed by atoms with van der Waals surface area (Å²) in [5.74, 6) is 1.85. The lowest BCUT2D eigenvalue weighted by Gasteiger charge is -2.34. The Bertz CT molecular complexity index is 1410. The number of benzene rings is 3. The largest absolute Gasteiger partial charge is 0.494 e. The van der Waals surface area contributed by atoms with Gasteiger partial charge in [-0.3, -0.25) is 9.36 Å². The third kappa shape index (κ3) is 6.45. The summed E-state index contributed by atoms with van der Waals surface area (Å²) in [5.41, 5.74) is 4.02. The second-order valence-electron chi connectivity index (χ2n) is 9.85. The molecule has 1 aromatic heterocycles. The van der Waals surface area contributed by atoms with Gasteiger partial charge in [-0.25, -0.2) is 9.78 Å². The van der Waals surface area contributed by atoms with E-state index in [1.165, 1.54) is 0 Å². The molecular weight excluding hydrogens is 504 g/mol. The number of rotatable bonds is 10. The summed E-state index contributed by atoms with van der Waals surface area (Å²) in [7, 11) is 0. The van der Waals surface area contributed by atoms with Crippen molar-refractivity contribution in [3.05, 3.63) is 78.9 Å². The highest BCUT2D eigenvalue weighted by Gasteiger charge is 2.24. The number of nitrogens with zero attached hydrogens (tertiary/aromatic N) is 4. The molecule has 4 aromatic rings. The molecule has 2 heterocycles. The molecule has 0 unspecified atom stereocenters. The Morgan fingerprint density at radius 3 is 2.25 bits per heavy atom. The van der Waals surface area contributed by atoms with Crippen LogP contribution in [0.15, 0.2) is 78.9 Å². The van der Waals surface area contributed by atoms with Gasteiger partial charge < -0.3 is 19.3 Å². The van der Waals surface area contributed by atoms with Crippen LogP contribution in [-0.2, 0) is 9.53 Å². The van der Waals surface area contributed by atoms with Gasteiger partial charge >= 0.3 is 6.09 Å². The first-order valence-electron chi connectivity index (χ1n) is 14.1. The molecule has 208 valence electrons. The molecule has 0 radical (unpaired) electrons. The minimum Gasteiger partial charge on any atom is -0.494 e. The number of ether oxygens (including phenoxy) is 2. The van der Waals surface area contributed by atoms with E-state index < -0.39 is 0 Å². The van der Waals surface area contributed by atoms with E-state index in [-0.39, 0.29) is 12.0 Å². The summed E-state index contributed by atoms with van der Waals surface area (Å²) in [6, 6.07) is 26.5. The van der Waals surface area contributed by atoms with E-state index in [4.69, 9.17) is 14.5 Å². The van der Waals surface area contributed by atoms with E-state index in [2.05, 4.69) is 34.9 Å². The normalized spacial score (nSPS) is 13.4. The van der Waals surface area contributed by atoms with E-state index in [1.54, 1.807) is 11.8 Å². The van der Waals surface area contributed by atoms with E-state index in [0.717, 1.165) is 53.1 Å². The lowest BCUT2D eigenvalue weighted by molar-refractivity contribution is -0.132. The van der Waals surface area contributed by atoms with Gasteiger partial charge in [-0.15, -0.1) is 0 Å². The lowest BCUT2D eigenvalue weighted by atomic mass is 10.1. The summed E-state index contributed by atoms with van der Waals surface area (Å²) in [6.45, 7) is 4.93. The quantitative estimate of drug-likeness (QED) is 0.233. The Kier molecular flexibility index (Phi) is 8.96. The van der Waals surface area contributed by atoms with Crippen LogP contribution in [0.4, 0.5) is 4.79 Å². The standard InChI is InChI=1S/C32H36N4O4/c1-2-39-32(38)35-21-19-34(20-22-35)30(37)16-10-5-11-23-40-27-17-18-28-29(24-27)36(26-14-8-4-9-15-26)31(33-28)25-12-6-3-7-13-25/h3-4,6-9,12-15,17-18,24H,2,5,10-11,16,19-23H2,1H3. The van der Waals surface area contributed by atoms with Gasteiger partial charge in [0.25, 0.3) is 0 Å². The number of piperazine rings is 1. The zero-order valence-corrected chi connectivity index (χ0v) is 23.0. The maximum Gasteiger partial charge on any atom is 0.409 e. The highest BCUT2D eigenvalue weighted by atomic mass is 16.6. The van der Waals surface area contributed by atoms with Crippen LogP contribution in [0.2, 0.25) is 0 Å². The SMILES string of the molecule is CCOC(=O)N1CCN(C(=O)CCCCCOc2ccc3nc(-c4ccccc4)n(-c4ccccc4)c3c2)CC1. The molecule has 0 atom stereocenters. The second-order valence-corrected chi connectivity index (χ2v) is 9.85. The molecule has 1 aliphatic heterocycles. The van der Waals surface area contributed by atoms with Crippen LogP contribution >= 0.6 is 0 Å². The Balaban J connectivity index is 1.13. The van der Waals surface area contributed by atoms with Crippen molar-refractivity contribution in [1.82, 2.24) is 19.4 Å². The molecule has 3 aromatic carbocycles. The van der Waals surface area contributed by atoms with Crippen LogP contribution in [0, 0.1) is 0 Å². The van der Waals surface area contributed by atoms with Crippen LogP contribution in [0.5, 0.6) is 5.75 Å². The van der Waals surface area contributed by atoms with Gasteiger partial charge in [0, 0.05) is 49.9 Å². The van der Waals surface area contributed by atoms with Crippen molar-refractivity contribution in [2.75, 3.05) is 39.4 Å². The van der Waals surface area contributed by atoms with Crippen LogP contribution in [0.1, 0.15) is 32.6 Å². The molecule has 8 nitrogen and oxygen atoms in total. The molecule has 8 heteroatoms. The minimum atomic E-state index is -0.296. The lowest BCUT2D eigenvalue weighted by Crippen LogP contribution is -2.50. The molecule has 2 amide bonds.